The summed E-state index contributed by atoms with van der Waals surface area (Å²) in [5.74, 6) is 0.574. The maximum absolute atomic E-state index is 13.0. The molecular formula is C27H27N5O2S. The van der Waals surface area contributed by atoms with Crippen molar-refractivity contribution in [2.45, 2.75) is 37.6 Å². The van der Waals surface area contributed by atoms with Gasteiger partial charge in [0.1, 0.15) is 5.82 Å². The van der Waals surface area contributed by atoms with Gasteiger partial charge in [-0.05, 0) is 48.7 Å². The summed E-state index contributed by atoms with van der Waals surface area (Å²) in [4.78, 5) is 26.2. The van der Waals surface area contributed by atoms with Crippen molar-refractivity contribution >= 4 is 34.5 Å². The van der Waals surface area contributed by atoms with Crippen LogP contribution >= 0.6 is 11.8 Å². The Labute approximate surface area is 208 Å². The van der Waals surface area contributed by atoms with Crippen LogP contribution in [0.25, 0.3) is 16.5 Å². The van der Waals surface area contributed by atoms with Crippen molar-refractivity contribution < 1.29 is 9.59 Å². The lowest BCUT2D eigenvalue weighted by Gasteiger charge is -2.18. The number of carbonyl (C=O) groups excluding carboxylic acids is 2. The average molecular weight is 486 g/mol. The van der Waals surface area contributed by atoms with E-state index < -0.39 is 5.25 Å². The second kappa shape index (κ2) is 9.54. The lowest BCUT2D eigenvalue weighted by molar-refractivity contribution is -0.126. The molecule has 8 heteroatoms. The van der Waals surface area contributed by atoms with Crippen LogP contribution in [0.3, 0.4) is 0 Å². The Kier molecular flexibility index (Phi) is 6.30. The minimum Gasteiger partial charge on any atom is -0.336 e. The van der Waals surface area contributed by atoms with E-state index in [2.05, 4.69) is 82.5 Å². The number of amides is 3. The first-order valence-corrected chi connectivity index (χ1v) is 12.5. The lowest BCUT2D eigenvalue weighted by atomic mass is 10.0. The maximum Gasteiger partial charge on any atom is 0.324 e. The van der Waals surface area contributed by atoms with Crippen molar-refractivity contribution in [2.75, 3.05) is 13.1 Å². The SMILES string of the molecule is Cc1ccc(-n2c(Cc3cccc4ccccc34)nnc2SC(C)C(=O)N2CCNC2=O)c(C)c1. The Hall–Kier alpha value is -3.65. The van der Waals surface area contributed by atoms with Crippen LogP contribution in [0.4, 0.5) is 4.79 Å². The molecule has 0 bridgehead atoms. The van der Waals surface area contributed by atoms with Crippen molar-refractivity contribution in [2.24, 2.45) is 0 Å². The Morgan fingerprint density at radius 2 is 1.89 bits per heavy atom. The molecule has 0 aliphatic carbocycles. The first-order valence-electron chi connectivity index (χ1n) is 11.7. The van der Waals surface area contributed by atoms with Crippen molar-refractivity contribution in [3.05, 3.63) is 83.2 Å². The van der Waals surface area contributed by atoms with Crippen LogP contribution in [0, 0.1) is 13.8 Å². The number of urea groups is 1. The quantitative estimate of drug-likeness (QED) is 0.402. The van der Waals surface area contributed by atoms with E-state index in [0.29, 0.717) is 24.7 Å². The molecule has 0 radical (unpaired) electrons. The summed E-state index contributed by atoms with van der Waals surface area (Å²) in [5.41, 5.74) is 4.42. The van der Waals surface area contributed by atoms with Gasteiger partial charge in [0.25, 0.3) is 0 Å². The molecule has 1 atom stereocenters. The number of hydrogen-bond donors (Lipinski definition) is 1. The average Bonchev–Trinajstić information content (AvgIpc) is 3.45. The standard InChI is InChI=1S/C27H27N5O2S/c1-17-11-12-23(18(2)15-17)32-24(16-21-9-6-8-20-7-4-5-10-22(20)21)29-30-27(32)35-19(3)25(33)31-14-13-28-26(31)34/h4-12,15,19H,13-14,16H2,1-3H3,(H,28,34). The van der Waals surface area contributed by atoms with Gasteiger partial charge in [0.05, 0.1) is 10.9 Å². The topological polar surface area (TPSA) is 80.1 Å². The van der Waals surface area contributed by atoms with Crippen LogP contribution in [0.5, 0.6) is 0 Å². The van der Waals surface area contributed by atoms with Crippen molar-refractivity contribution in [3.63, 3.8) is 0 Å². The highest BCUT2D eigenvalue weighted by atomic mass is 32.2. The third-order valence-corrected chi connectivity index (χ3v) is 7.31. The van der Waals surface area contributed by atoms with E-state index >= 15 is 0 Å². The molecular weight excluding hydrogens is 458 g/mol. The van der Waals surface area contributed by atoms with E-state index in [1.807, 2.05) is 19.1 Å². The van der Waals surface area contributed by atoms with Gasteiger partial charge in [0.15, 0.2) is 5.16 Å². The Balaban J connectivity index is 1.54. The molecule has 3 amide bonds. The molecule has 1 N–H and O–H groups in total. The summed E-state index contributed by atoms with van der Waals surface area (Å²) >= 11 is 1.33. The monoisotopic (exact) mass is 485 g/mol. The zero-order chi connectivity index (χ0) is 24.5. The van der Waals surface area contributed by atoms with Gasteiger partial charge in [-0.3, -0.25) is 14.3 Å². The lowest BCUT2D eigenvalue weighted by Crippen LogP contribution is -2.39. The van der Waals surface area contributed by atoms with Gasteiger partial charge >= 0.3 is 6.03 Å². The van der Waals surface area contributed by atoms with E-state index in [0.717, 1.165) is 22.6 Å². The van der Waals surface area contributed by atoms with Gasteiger partial charge in [-0.25, -0.2) is 4.79 Å². The van der Waals surface area contributed by atoms with E-state index in [1.165, 1.54) is 33.0 Å². The zero-order valence-electron chi connectivity index (χ0n) is 20.0. The summed E-state index contributed by atoms with van der Waals surface area (Å²) in [6, 6.07) is 20.5. The van der Waals surface area contributed by atoms with Crippen LogP contribution in [-0.4, -0.2) is 49.9 Å². The van der Waals surface area contributed by atoms with E-state index in [9.17, 15) is 9.59 Å². The molecule has 35 heavy (non-hydrogen) atoms. The molecule has 1 saturated heterocycles. The van der Waals surface area contributed by atoms with Crippen molar-refractivity contribution in [1.82, 2.24) is 25.0 Å². The molecule has 2 heterocycles. The number of rotatable bonds is 6. The third-order valence-electron chi connectivity index (χ3n) is 6.27. The highest BCUT2D eigenvalue weighted by Gasteiger charge is 2.31. The number of hydrogen-bond acceptors (Lipinski definition) is 5. The van der Waals surface area contributed by atoms with Gasteiger partial charge < -0.3 is 5.32 Å². The molecule has 1 aliphatic rings. The zero-order valence-corrected chi connectivity index (χ0v) is 20.8. The Bertz CT molecular complexity index is 1430. The van der Waals surface area contributed by atoms with Crippen LogP contribution in [0.2, 0.25) is 0 Å². The van der Waals surface area contributed by atoms with Crippen LogP contribution in [0.15, 0.2) is 65.8 Å². The number of imide groups is 1. The summed E-state index contributed by atoms with van der Waals surface area (Å²) in [7, 11) is 0. The minimum atomic E-state index is -0.488. The molecule has 1 unspecified atom stereocenters. The number of fused-ring (bicyclic) bond motifs is 1. The number of nitrogens with zero attached hydrogens (tertiary/aromatic N) is 4. The molecule has 3 aromatic carbocycles. The summed E-state index contributed by atoms with van der Waals surface area (Å²) < 4.78 is 2.05. The van der Waals surface area contributed by atoms with E-state index in [4.69, 9.17) is 0 Å². The molecule has 1 aromatic heterocycles. The minimum absolute atomic E-state index is 0.226. The second-order valence-electron chi connectivity index (χ2n) is 8.82. The third kappa shape index (κ3) is 4.53. The Morgan fingerprint density at radius 1 is 1.09 bits per heavy atom. The number of carbonyl (C=O) groups is 2. The predicted molar refractivity (Wildman–Crippen MR) is 138 cm³/mol. The summed E-state index contributed by atoms with van der Waals surface area (Å²) in [6.45, 7) is 6.82. The predicted octanol–water partition coefficient (Wildman–Crippen LogP) is 4.66. The Morgan fingerprint density at radius 3 is 2.66 bits per heavy atom. The van der Waals surface area contributed by atoms with Gasteiger partial charge in [0.2, 0.25) is 5.91 Å². The molecule has 0 spiro atoms. The van der Waals surface area contributed by atoms with Crippen molar-refractivity contribution in [3.8, 4) is 5.69 Å². The van der Waals surface area contributed by atoms with E-state index in [1.54, 1.807) is 0 Å². The highest BCUT2D eigenvalue weighted by Crippen LogP contribution is 2.30. The van der Waals surface area contributed by atoms with Crippen LogP contribution < -0.4 is 5.32 Å². The number of aryl methyl sites for hydroxylation is 2. The molecule has 4 aromatic rings. The molecule has 1 fully saturated rings. The van der Waals surface area contributed by atoms with Crippen LogP contribution in [0.1, 0.15) is 29.4 Å². The smallest absolute Gasteiger partial charge is 0.324 e. The maximum atomic E-state index is 13.0. The molecule has 178 valence electrons. The van der Waals surface area contributed by atoms with Gasteiger partial charge in [-0.15, -0.1) is 10.2 Å². The molecule has 0 saturated carbocycles. The molecule has 5 rings (SSSR count). The number of benzene rings is 3. The van der Waals surface area contributed by atoms with Crippen LogP contribution in [-0.2, 0) is 11.2 Å². The van der Waals surface area contributed by atoms with E-state index in [-0.39, 0.29) is 11.9 Å². The second-order valence-corrected chi connectivity index (χ2v) is 10.1. The summed E-state index contributed by atoms with van der Waals surface area (Å²) in [5, 5.41) is 14.3. The number of thioether (sulfide) groups is 1. The first kappa shape index (κ1) is 23.1. The molecule has 7 nitrogen and oxygen atoms in total. The largest absolute Gasteiger partial charge is 0.336 e. The number of nitrogens with one attached hydrogen (secondary N) is 1. The fourth-order valence-corrected chi connectivity index (χ4v) is 5.46. The fourth-order valence-electron chi connectivity index (χ4n) is 4.52. The molecule has 1 aliphatic heterocycles. The first-order chi connectivity index (χ1) is 16.9. The summed E-state index contributed by atoms with van der Waals surface area (Å²) in [6.07, 6.45) is 0.596. The van der Waals surface area contributed by atoms with Gasteiger partial charge in [-0.2, -0.15) is 0 Å². The van der Waals surface area contributed by atoms with Gasteiger partial charge in [-0.1, -0.05) is 71.9 Å². The number of aromatic nitrogens is 3. The fraction of sp³-hybridized carbons (Fsp3) is 0.259. The normalized spacial score (nSPS) is 14.4. The van der Waals surface area contributed by atoms with Gasteiger partial charge in [0, 0.05) is 19.5 Å². The highest BCUT2D eigenvalue weighted by molar-refractivity contribution is 8.00. The van der Waals surface area contributed by atoms with Crippen molar-refractivity contribution in [1.29, 1.82) is 0 Å².